The molecule has 1 aliphatic carbocycles. The summed E-state index contributed by atoms with van der Waals surface area (Å²) in [6.07, 6.45) is -0.870. The van der Waals surface area contributed by atoms with Crippen molar-refractivity contribution in [2.45, 2.75) is 70.7 Å². The molecule has 2 aliphatic rings. The van der Waals surface area contributed by atoms with E-state index in [1.165, 1.54) is 36.1 Å². The van der Waals surface area contributed by atoms with Crippen LogP contribution >= 0.6 is 0 Å². The number of halogens is 4. The fourth-order valence-corrected chi connectivity index (χ4v) is 6.27. The minimum atomic E-state index is -4.60. The van der Waals surface area contributed by atoms with E-state index in [9.17, 15) is 31.9 Å². The Balaban J connectivity index is 1.44. The highest BCUT2D eigenvalue weighted by atomic mass is 19.4. The van der Waals surface area contributed by atoms with E-state index in [0.717, 1.165) is 31.7 Å². The van der Waals surface area contributed by atoms with Crippen molar-refractivity contribution in [3.8, 4) is 0 Å². The van der Waals surface area contributed by atoms with Gasteiger partial charge in [-0.25, -0.2) is 9.18 Å². The molecule has 0 spiro atoms. The van der Waals surface area contributed by atoms with Gasteiger partial charge in [0.15, 0.2) is 0 Å². The van der Waals surface area contributed by atoms with E-state index in [2.05, 4.69) is 10.6 Å². The number of benzene rings is 3. The highest BCUT2D eigenvalue weighted by molar-refractivity contribution is 5.98. The zero-order chi connectivity index (χ0) is 32.3. The lowest BCUT2D eigenvalue weighted by molar-refractivity contribution is -0.138. The lowest BCUT2D eigenvalue weighted by Gasteiger charge is -2.41. The first-order valence-corrected chi connectivity index (χ1v) is 15.0. The van der Waals surface area contributed by atoms with Gasteiger partial charge in [-0.3, -0.25) is 14.9 Å². The molecule has 45 heavy (non-hydrogen) atoms. The van der Waals surface area contributed by atoms with Crippen LogP contribution < -0.4 is 10.6 Å². The third-order valence-corrected chi connectivity index (χ3v) is 8.55. The molecular formula is C34H35F4N3O4. The predicted molar refractivity (Wildman–Crippen MR) is 161 cm³/mol. The second-order valence-corrected chi connectivity index (χ2v) is 11.7. The van der Waals surface area contributed by atoms with Crippen molar-refractivity contribution in [2.24, 2.45) is 5.92 Å². The van der Waals surface area contributed by atoms with E-state index in [-0.39, 0.29) is 29.5 Å². The second-order valence-electron chi connectivity index (χ2n) is 11.7. The summed E-state index contributed by atoms with van der Waals surface area (Å²) in [5.74, 6) is -2.71. The molecule has 1 heterocycles. The van der Waals surface area contributed by atoms with Crippen molar-refractivity contribution in [1.29, 1.82) is 0 Å². The molecule has 11 heteroatoms. The molecule has 0 aromatic heterocycles. The van der Waals surface area contributed by atoms with E-state index in [1.807, 2.05) is 0 Å². The number of anilines is 2. The van der Waals surface area contributed by atoms with Gasteiger partial charge < -0.3 is 15.0 Å². The van der Waals surface area contributed by atoms with E-state index < -0.39 is 47.4 Å². The molecule has 1 saturated carbocycles. The van der Waals surface area contributed by atoms with Crippen LogP contribution in [0.3, 0.4) is 0 Å². The van der Waals surface area contributed by atoms with E-state index in [1.54, 1.807) is 37.3 Å². The molecule has 7 nitrogen and oxygen atoms in total. The first-order chi connectivity index (χ1) is 21.4. The standard InChI is InChI=1S/C34H35F4N3O4/c1-20-12-15-24(19-27(20)34(36,37)38)39-31(42)26-10-6-18-41(32(43)29-21(2)7-5-11-28(29)35)30(26)22-13-16-23(17-14-22)40-33(44)45-25-8-3-4-9-25/h5,7,11-17,19,25-26,30H,3-4,6,8-10,18H2,1-2H3,(H,39,42)(H,40,44)/t26-,30-/m0/s1. The Kier molecular flexibility index (Phi) is 9.45. The number of carbonyl (C=O) groups excluding carboxylic acids is 3. The highest BCUT2D eigenvalue weighted by Crippen LogP contribution is 2.40. The normalized spacial score (nSPS) is 18.8. The van der Waals surface area contributed by atoms with Gasteiger partial charge in [0.05, 0.1) is 23.1 Å². The Morgan fingerprint density at radius 2 is 1.53 bits per heavy atom. The minimum absolute atomic E-state index is 0.0221. The lowest BCUT2D eigenvalue weighted by Crippen LogP contribution is -2.46. The van der Waals surface area contributed by atoms with E-state index >= 15 is 0 Å². The predicted octanol–water partition coefficient (Wildman–Crippen LogP) is 8.18. The van der Waals surface area contributed by atoms with Gasteiger partial charge in [0.2, 0.25) is 5.91 Å². The van der Waals surface area contributed by atoms with Crippen molar-refractivity contribution in [3.63, 3.8) is 0 Å². The number of rotatable bonds is 6. The van der Waals surface area contributed by atoms with Crippen molar-refractivity contribution in [2.75, 3.05) is 17.2 Å². The molecule has 2 fully saturated rings. The van der Waals surface area contributed by atoms with Crippen LogP contribution in [0.2, 0.25) is 0 Å². The van der Waals surface area contributed by atoms with Crippen molar-refractivity contribution >= 4 is 29.3 Å². The number of hydrogen-bond donors (Lipinski definition) is 2. The number of nitrogens with zero attached hydrogens (tertiary/aromatic N) is 1. The Bertz CT molecular complexity index is 1550. The van der Waals surface area contributed by atoms with Crippen LogP contribution in [0.15, 0.2) is 60.7 Å². The maximum atomic E-state index is 14.9. The molecule has 2 atom stereocenters. The highest BCUT2D eigenvalue weighted by Gasteiger charge is 2.41. The van der Waals surface area contributed by atoms with Gasteiger partial charge >= 0.3 is 12.3 Å². The topological polar surface area (TPSA) is 87.7 Å². The van der Waals surface area contributed by atoms with Crippen molar-refractivity contribution in [1.82, 2.24) is 4.90 Å². The molecule has 2 N–H and O–H groups in total. The number of nitrogens with one attached hydrogen (secondary N) is 2. The van der Waals surface area contributed by atoms with Crippen LogP contribution in [0, 0.1) is 25.6 Å². The monoisotopic (exact) mass is 625 g/mol. The third-order valence-electron chi connectivity index (χ3n) is 8.55. The molecule has 3 aromatic carbocycles. The number of amides is 3. The van der Waals surface area contributed by atoms with Gasteiger partial charge in [-0.15, -0.1) is 0 Å². The zero-order valence-electron chi connectivity index (χ0n) is 25.0. The van der Waals surface area contributed by atoms with Gasteiger partial charge in [-0.05, 0) is 99.4 Å². The van der Waals surface area contributed by atoms with Gasteiger partial charge in [0, 0.05) is 17.9 Å². The molecule has 238 valence electrons. The summed E-state index contributed by atoms with van der Waals surface area (Å²) in [5.41, 5.74) is 0.462. The minimum Gasteiger partial charge on any atom is -0.446 e. The average molecular weight is 626 g/mol. The number of piperidine rings is 1. The smallest absolute Gasteiger partial charge is 0.416 e. The van der Waals surface area contributed by atoms with Gasteiger partial charge in [-0.2, -0.15) is 13.2 Å². The molecule has 3 amide bonds. The molecule has 3 aromatic rings. The van der Waals surface area contributed by atoms with Crippen LogP contribution in [-0.2, 0) is 15.7 Å². The Morgan fingerprint density at radius 1 is 0.844 bits per heavy atom. The quantitative estimate of drug-likeness (QED) is 0.271. The third kappa shape index (κ3) is 7.29. The number of carbonyl (C=O) groups is 3. The Labute approximate surface area is 258 Å². The van der Waals surface area contributed by atoms with E-state index in [0.29, 0.717) is 29.7 Å². The molecular weight excluding hydrogens is 590 g/mol. The lowest BCUT2D eigenvalue weighted by atomic mass is 9.83. The number of alkyl halides is 3. The first-order valence-electron chi connectivity index (χ1n) is 15.0. The maximum absolute atomic E-state index is 14.9. The summed E-state index contributed by atoms with van der Waals surface area (Å²) in [6, 6.07) is 13.6. The number of likely N-dealkylation sites (tertiary alicyclic amines) is 1. The van der Waals surface area contributed by atoms with Crippen LogP contribution in [0.4, 0.5) is 33.7 Å². The van der Waals surface area contributed by atoms with Crippen molar-refractivity contribution < 1.29 is 36.7 Å². The number of hydrogen-bond acceptors (Lipinski definition) is 4. The number of aryl methyl sites for hydroxylation is 2. The van der Waals surface area contributed by atoms with Gasteiger partial charge in [0.25, 0.3) is 5.91 Å². The number of ether oxygens (including phenoxy) is 1. The fraction of sp³-hybridized carbons (Fsp3) is 0.382. The summed E-state index contributed by atoms with van der Waals surface area (Å²) in [6.45, 7) is 3.20. The molecule has 5 rings (SSSR count). The summed E-state index contributed by atoms with van der Waals surface area (Å²) < 4.78 is 61.1. The van der Waals surface area contributed by atoms with Crippen LogP contribution in [0.25, 0.3) is 0 Å². The van der Waals surface area contributed by atoms with Crippen LogP contribution in [-0.4, -0.2) is 35.5 Å². The molecule has 0 bridgehead atoms. The van der Waals surface area contributed by atoms with E-state index in [4.69, 9.17) is 4.74 Å². The Morgan fingerprint density at radius 3 is 2.20 bits per heavy atom. The summed E-state index contributed by atoms with van der Waals surface area (Å²) >= 11 is 0. The second kappa shape index (κ2) is 13.3. The molecule has 0 unspecified atom stereocenters. The summed E-state index contributed by atoms with van der Waals surface area (Å²) in [7, 11) is 0. The molecule has 1 aliphatic heterocycles. The summed E-state index contributed by atoms with van der Waals surface area (Å²) in [4.78, 5) is 41.5. The van der Waals surface area contributed by atoms with Crippen molar-refractivity contribution in [3.05, 3.63) is 94.3 Å². The molecule has 1 saturated heterocycles. The SMILES string of the molecule is Cc1ccc(NC(=O)[C@H]2CCCN(C(=O)c3c(C)cccc3F)[C@H]2c2ccc(NC(=O)OC3CCCC3)cc2)cc1C(F)(F)F. The summed E-state index contributed by atoms with van der Waals surface area (Å²) in [5, 5.41) is 5.32. The van der Waals surface area contributed by atoms with Gasteiger partial charge in [0.1, 0.15) is 11.9 Å². The first kappa shape index (κ1) is 32.0. The average Bonchev–Trinajstić information content (AvgIpc) is 3.50. The maximum Gasteiger partial charge on any atom is 0.416 e. The largest absolute Gasteiger partial charge is 0.446 e. The molecule has 0 radical (unpaired) electrons. The fourth-order valence-electron chi connectivity index (χ4n) is 6.27. The van der Waals surface area contributed by atoms with Crippen LogP contribution in [0.5, 0.6) is 0 Å². The Hall–Kier alpha value is -4.41. The van der Waals surface area contributed by atoms with Gasteiger partial charge in [-0.1, -0.05) is 30.3 Å². The van der Waals surface area contributed by atoms with Crippen LogP contribution in [0.1, 0.15) is 77.2 Å². The zero-order valence-corrected chi connectivity index (χ0v) is 25.0.